The smallest absolute Gasteiger partial charge is 0.344 e. The van der Waals surface area contributed by atoms with E-state index in [1.54, 1.807) is 6.92 Å². The van der Waals surface area contributed by atoms with Crippen molar-refractivity contribution >= 4 is 17.9 Å². The fourth-order valence-corrected chi connectivity index (χ4v) is 3.23. The van der Waals surface area contributed by atoms with Crippen molar-refractivity contribution in [3.05, 3.63) is 0 Å². The highest BCUT2D eigenvalue weighted by molar-refractivity contribution is 5.78. The van der Waals surface area contributed by atoms with Crippen molar-refractivity contribution in [3.8, 4) is 0 Å². The molecule has 2 unspecified atom stereocenters. The molecular formula is C17H26O6. The Morgan fingerprint density at radius 3 is 2.57 bits per heavy atom. The molecule has 1 aliphatic carbocycles. The Bertz CT molecular complexity index is 452. The number of ether oxygens (including phenoxy) is 3. The molecule has 6 nitrogen and oxygen atoms in total. The monoisotopic (exact) mass is 326 g/mol. The van der Waals surface area contributed by atoms with Crippen LogP contribution in [0.25, 0.3) is 0 Å². The van der Waals surface area contributed by atoms with Crippen LogP contribution < -0.4 is 0 Å². The SMILES string of the molecule is CCC(C)C(=O)OCC(=O)OC1(C2CCC(=O)O2)CCCCC1. The third-order valence-corrected chi connectivity index (χ3v) is 4.84. The van der Waals surface area contributed by atoms with Gasteiger partial charge in [-0.2, -0.15) is 0 Å². The van der Waals surface area contributed by atoms with Crippen molar-refractivity contribution in [2.24, 2.45) is 5.92 Å². The molecule has 2 aliphatic rings. The Labute approximate surface area is 136 Å². The molecule has 1 heterocycles. The summed E-state index contributed by atoms with van der Waals surface area (Å²) in [4.78, 5) is 35.2. The fraction of sp³-hybridized carbons (Fsp3) is 0.824. The van der Waals surface area contributed by atoms with E-state index in [-0.39, 0.29) is 24.6 Å². The molecule has 0 aromatic heterocycles. The van der Waals surface area contributed by atoms with Gasteiger partial charge in [0.25, 0.3) is 0 Å². The van der Waals surface area contributed by atoms with Gasteiger partial charge >= 0.3 is 17.9 Å². The first-order valence-electron chi connectivity index (χ1n) is 8.55. The van der Waals surface area contributed by atoms with Crippen molar-refractivity contribution in [2.75, 3.05) is 6.61 Å². The molecule has 23 heavy (non-hydrogen) atoms. The van der Waals surface area contributed by atoms with E-state index in [4.69, 9.17) is 14.2 Å². The minimum absolute atomic E-state index is 0.234. The van der Waals surface area contributed by atoms with Gasteiger partial charge in [0.1, 0.15) is 11.7 Å². The van der Waals surface area contributed by atoms with Gasteiger partial charge < -0.3 is 14.2 Å². The lowest BCUT2D eigenvalue weighted by Gasteiger charge is -2.40. The van der Waals surface area contributed by atoms with Crippen molar-refractivity contribution in [1.29, 1.82) is 0 Å². The molecule has 0 spiro atoms. The molecule has 0 amide bonds. The second-order valence-corrected chi connectivity index (χ2v) is 6.53. The third kappa shape index (κ3) is 4.45. The van der Waals surface area contributed by atoms with Crippen LogP contribution in [-0.2, 0) is 28.6 Å². The number of rotatable bonds is 6. The van der Waals surface area contributed by atoms with Crippen LogP contribution in [0.5, 0.6) is 0 Å². The van der Waals surface area contributed by atoms with Gasteiger partial charge in [-0.25, -0.2) is 4.79 Å². The van der Waals surface area contributed by atoms with Gasteiger partial charge in [0.05, 0.1) is 5.92 Å². The maximum atomic E-state index is 12.1. The van der Waals surface area contributed by atoms with Gasteiger partial charge in [-0.1, -0.05) is 20.3 Å². The minimum atomic E-state index is -0.746. The zero-order chi connectivity index (χ0) is 16.9. The Morgan fingerprint density at radius 2 is 2.00 bits per heavy atom. The number of esters is 3. The van der Waals surface area contributed by atoms with Gasteiger partial charge in [-0.05, 0) is 38.5 Å². The van der Waals surface area contributed by atoms with Gasteiger partial charge in [-0.3, -0.25) is 9.59 Å². The summed E-state index contributed by atoms with van der Waals surface area (Å²) in [6.45, 7) is 3.26. The molecule has 0 aromatic rings. The third-order valence-electron chi connectivity index (χ3n) is 4.84. The molecule has 2 atom stereocenters. The van der Waals surface area contributed by atoms with Gasteiger partial charge in [0, 0.05) is 6.42 Å². The van der Waals surface area contributed by atoms with E-state index >= 15 is 0 Å². The summed E-state index contributed by atoms with van der Waals surface area (Å²) in [6.07, 6.45) is 5.59. The van der Waals surface area contributed by atoms with Crippen molar-refractivity contribution in [2.45, 2.75) is 76.9 Å². The quantitative estimate of drug-likeness (QED) is 0.551. The highest BCUT2D eigenvalue weighted by atomic mass is 16.6. The molecule has 2 fully saturated rings. The van der Waals surface area contributed by atoms with Crippen LogP contribution in [-0.4, -0.2) is 36.2 Å². The van der Waals surface area contributed by atoms with Crippen molar-refractivity contribution < 1.29 is 28.6 Å². The number of carbonyl (C=O) groups excluding carboxylic acids is 3. The van der Waals surface area contributed by atoms with Gasteiger partial charge in [0.2, 0.25) is 0 Å². The van der Waals surface area contributed by atoms with Crippen molar-refractivity contribution in [1.82, 2.24) is 0 Å². The molecule has 130 valence electrons. The first kappa shape index (κ1) is 17.8. The highest BCUT2D eigenvalue weighted by Gasteiger charge is 2.48. The van der Waals surface area contributed by atoms with E-state index in [9.17, 15) is 14.4 Å². The minimum Gasteiger partial charge on any atom is -0.458 e. The topological polar surface area (TPSA) is 78.9 Å². The second-order valence-electron chi connectivity index (χ2n) is 6.53. The predicted octanol–water partition coefficient (Wildman–Crippen LogP) is 2.53. The molecular weight excluding hydrogens is 300 g/mol. The van der Waals surface area contributed by atoms with Crippen LogP contribution in [0.1, 0.15) is 65.2 Å². The Morgan fingerprint density at radius 1 is 1.30 bits per heavy atom. The largest absolute Gasteiger partial charge is 0.458 e. The van der Waals surface area contributed by atoms with E-state index in [1.165, 1.54) is 0 Å². The molecule has 6 heteroatoms. The lowest BCUT2D eigenvalue weighted by Crippen LogP contribution is -2.48. The normalized spacial score (nSPS) is 24.6. The summed E-state index contributed by atoms with van der Waals surface area (Å²) in [5.74, 6) is -1.43. The molecule has 1 saturated heterocycles. The molecule has 1 saturated carbocycles. The standard InChI is InChI=1S/C17H26O6/c1-3-12(2)16(20)21-11-15(19)23-17(9-5-4-6-10-17)13-7-8-14(18)22-13/h12-13H,3-11H2,1-2H3. The molecule has 0 bridgehead atoms. The summed E-state index contributed by atoms with van der Waals surface area (Å²) in [5, 5.41) is 0. The molecule has 0 N–H and O–H groups in total. The van der Waals surface area contributed by atoms with E-state index in [2.05, 4.69) is 0 Å². The van der Waals surface area contributed by atoms with E-state index in [0.29, 0.717) is 32.1 Å². The lowest BCUT2D eigenvalue weighted by atomic mass is 9.79. The second kappa shape index (κ2) is 7.79. The Hall–Kier alpha value is -1.59. The number of hydrogen-bond acceptors (Lipinski definition) is 6. The molecule has 0 radical (unpaired) electrons. The summed E-state index contributed by atoms with van der Waals surface area (Å²) < 4.78 is 16.0. The molecule has 2 rings (SSSR count). The van der Waals surface area contributed by atoms with Crippen LogP contribution in [0.3, 0.4) is 0 Å². The van der Waals surface area contributed by atoms with Crippen LogP contribution in [0.15, 0.2) is 0 Å². The predicted molar refractivity (Wildman–Crippen MR) is 81.4 cm³/mol. The summed E-state index contributed by atoms with van der Waals surface area (Å²) in [6, 6.07) is 0. The van der Waals surface area contributed by atoms with Gasteiger partial charge in [0.15, 0.2) is 6.61 Å². The first-order chi connectivity index (χ1) is 11.0. The zero-order valence-electron chi connectivity index (χ0n) is 14.0. The number of carbonyl (C=O) groups is 3. The molecule has 0 aromatic carbocycles. The zero-order valence-corrected chi connectivity index (χ0v) is 14.0. The average Bonchev–Trinajstić information content (AvgIpc) is 3.00. The maximum absolute atomic E-state index is 12.1. The van der Waals surface area contributed by atoms with E-state index in [0.717, 1.165) is 19.3 Å². The Kier molecular flexibility index (Phi) is 6.02. The molecule has 1 aliphatic heterocycles. The van der Waals surface area contributed by atoms with Crippen LogP contribution in [0, 0.1) is 5.92 Å². The number of hydrogen-bond donors (Lipinski definition) is 0. The summed E-state index contributed by atoms with van der Waals surface area (Å²) in [7, 11) is 0. The maximum Gasteiger partial charge on any atom is 0.344 e. The van der Waals surface area contributed by atoms with Crippen LogP contribution >= 0.6 is 0 Å². The van der Waals surface area contributed by atoms with Gasteiger partial charge in [-0.15, -0.1) is 0 Å². The van der Waals surface area contributed by atoms with E-state index < -0.39 is 17.5 Å². The fourth-order valence-electron chi connectivity index (χ4n) is 3.23. The average molecular weight is 326 g/mol. The number of cyclic esters (lactones) is 1. The summed E-state index contributed by atoms with van der Waals surface area (Å²) >= 11 is 0. The Balaban J connectivity index is 1.93. The summed E-state index contributed by atoms with van der Waals surface area (Å²) in [5.41, 5.74) is -0.746. The highest BCUT2D eigenvalue weighted by Crippen LogP contribution is 2.40. The van der Waals surface area contributed by atoms with Crippen LogP contribution in [0.2, 0.25) is 0 Å². The lowest BCUT2D eigenvalue weighted by molar-refractivity contribution is -0.190. The first-order valence-corrected chi connectivity index (χ1v) is 8.55. The van der Waals surface area contributed by atoms with Crippen LogP contribution in [0.4, 0.5) is 0 Å². The van der Waals surface area contributed by atoms with Crippen molar-refractivity contribution in [3.63, 3.8) is 0 Å². The van der Waals surface area contributed by atoms with E-state index in [1.807, 2.05) is 6.92 Å².